The second kappa shape index (κ2) is 9.61. The van der Waals surface area contributed by atoms with Gasteiger partial charge in [-0.05, 0) is 61.9 Å². The zero-order valence-electron chi connectivity index (χ0n) is 19.0. The van der Waals surface area contributed by atoms with Crippen LogP contribution in [0.5, 0.6) is 11.5 Å². The van der Waals surface area contributed by atoms with Gasteiger partial charge in [0, 0.05) is 11.3 Å². The minimum atomic E-state index is -0.834. The molecule has 3 aromatic carbocycles. The van der Waals surface area contributed by atoms with Crippen molar-refractivity contribution in [2.24, 2.45) is 0 Å². The Morgan fingerprint density at radius 2 is 1.71 bits per heavy atom. The first kappa shape index (κ1) is 23.4. The van der Waals surface area contributed by atoms with Crippen molar-refractivity contribution in [1.29, 1.82) is 0 Å². The lowest BCUT2D eigenvalue weighted by Gasteiger charge is -2.25. The molecule has 0 aromatic heterocycles. The number of methoxy groups -OCH3 is 1. The van der Waals surface area contributed by atoms with Gasteiger partial charge in [0.15, 0.2) is 0 Å². The second-order valence-corrected chi connectivity index (χ2v) is 8.26. The molecule has 1 unspecified atom stereocenters. The van der Waals surface area contributed by atoms with Gasteiger partial charge < -0.3 is 14.6 Å². The number of ketones is 1. The molecule has 7 heteroatoms. The van der Waals surface area contributed by atoms with E-state index in [0.29, 0.717) is 34.9 Å². The molecule has 1 N–H and O–H groups in total. The van der Waals surface area contributed by atoms with Crippen LogP contribution in [-0.2, 0) is 9.59 Å². The molecule has 1 fully saturated rings. The highest BCUT2D eigenvalue weighted by atomic mass is 35.5. The fourth-order valence-electron chi connectivity index (χ4n) is 4.00. The SMILES string of the molecule is CCOc1ccc(C2/C(=C(/O)c3ccc(OC)c(Cl)c3)C(=O)C(=O)N2c2ccc(C)cc2)cc1. The molecule has 3 aromatic rings. The first-order valence-electron chi connectivity index (χ1n) is 10.8. The lowest BCUT2D eigenvalue weighted by molar-refractivity contribution is -0.132. The third-order valence-corrected chi connectivity index (χ3v) is 5.98. The van der Waals surface area contributed by atoms with E-state index in [0.717, 1.165) is 5.56 Å². The minimum Gasteiger partial charge on any atom is -0.507 e. The molecule has 1 saturated heterocycles. The molecule has 6 nitrogen and oxygen atoms in total. The molecular formula is C27H24ClNO5. The van der Waals surface area contributed by atoms with Crippen LogP contribution in [0.3, 0.4) is 0 Å². The summed E-state index contributed by atoms with van der Waals surface area (Å²) >= 11 is 6.25. The number of carbonyl (C=O) groups excluding carboxylic acids is 2. The Labute approximate surface area is 203 Å². The van der Waals surface area contributed by atoms with Crippen molar-refractivity contribution in [3.05, 3.63) is 94.0 Å². The van der Waals surface area contributed by atoms with E-state index in [9.17, 15) is 14.7 Å². The summed E-state index contributed by atoms with van der Waals surface area (Å²) in [6, 6.07) is 18.3. The van der Waals surface area contributed by atoms with E-state index in [1.54, 1.807) is 48.5 Å². The van der Waals surface area contributed by atoms with Crippen molar-refractivity contribution in [3.63, 3.8) is 0 Å². The van der Waals surface area contributed by atoms with Gasteiger partial charge in [-0.15, -0.1) is 0 Å². The number of Topliss-reactive ketones (excluding diaryl/α,β-unsaturated/α-hetero) is 1. The molecule has 1 heterocycles. The predicted molar refractivity (Wildman–Crippen MR) is 132 cm³/mol. The summed E-state index contributed by atoms with van der Waals surface area (Å²) in [5.74, 6) is -0.703. The summed E-state index contributed by atoms with van der Waals surface area (Å²) in [4.78, 5) is 27.9. The minimum absolute atomic E-state index is 0.0176. The largest absolute Gasteiger partial charge is 0.507 e. The molecule has 0 bridgehead atoms. The average molecular weight is 478 g/mol. The van der Waals surface area contributed by atoms with E-state index < -0.39 is 17.7 Å². The number of aryl methyl sites for hydroxylation is 1. The third-order valence-electron chi connectivity index (χ3n) is 5.69. The third kappa shape index (κ3) is 4.24. The molecule has 174 valence electrons. The van der Waals surface area contributed by atoms with Crippen LogP contribution in [0.15, 0.2) is 72.3 Å². The van der Waals surface area contributed by atoms with E-state index >= 15 is 0 Å². The number of benzene rings is 3. The summed E-state index contributed by atoms with van der Waals surface area (Å²) in [6.45, 7) is 4.34. The highest BCUT2D eigenvalue weighted by molar-refractivity contribution is 6.51. The highest BCUT2D eigenvalue weighted by Crippen LogP contribution is 2.43. The first-order valence-corrected chi connectivity index (χ1v) is 11.2. The Kier molecular flexibility index (Phi) is 6.61. The van der Waals surface area contributed by atoms with Crippen LogP contribution in [0.2, 0.25) is 5.02 Å². The van der Waals surface area contributed by atoms with Crippen molar-refractivity contribution in [1.82, 2.24) is 0 Å². The molecule has 0 spiro atoms. The molecule has 4 rings (SSSR count). The smallest absolute Gasteiger partial charge is 0.300 e. The maximum atomic E-state index is 13.2. The number of hydrogen-bond donors (Lipinski definition) is 1. The number of aliphatic hydroxyl groups excluding tert-OH is 1. The fourth-order valence-corrected chi connectivity index (χ4v) is 4.26. The van der Waals surface area contributed by atoms with Gasteiger partial charge in [-0.25, -0.2) is 0 Å². The van der Waals surface area contributed by atoms with Gasteiger partial charge in [0.25, 0.3) is 11.7 Å². The summed E-state index contributed by atoms with van der Waals surface area (Å²) < 4.78 is 10.7. The van der Waals surface area contributed by atoms with Crippen molar-refractivity contribution in [3.8, 4) is 11.5 Å². The van der Waals surface area contributed by atoms with Gasteiger partial charge in [0.1, 0.15) is 17.3 Å². The van der Waals surface area contributed by atoms with Gasteiger partial charge in [0.2, 0.25) is 0 Å². The quantitative estimate of drug-likeness (QED) is 0.281. The van der Waals surface area contributed by atoms with Gasteiger partial charge in [-0.3, -0.25) is 14.5 Å². The number of anilines is 1. The van der Waals surface area contributed by atoms with E-state index in [1.807, 2.05) is 26.0 Å². The average Bonchev–Trinajstić information content (AvgIpc) is 3.10. The Morgan fingerprint density at radius 1 is 1.03 bits per heavy atom. The van der Waals surface area contributed by atoms with Gasteiger partial charge >= 0.3 is 0 Å². The number of ether oxygens (including phenoxy) is 2. The Bertz CT molecular complexity index is 1270. The maximum Gasteiger partial charge on any atom is 0.300 e. The van der Waals surface area contributed by atoms with E-state index in [2.05, 4.69) is 0 Å². The number of nitrogens with zero attached hydrogens (tertiary/aromatic N) is 1. The number of aliphatic hydroxyl groups is 1. The van der Waals surface area contributed by atoms with Crippen molar-refractivity contribution >= 4 is 34.7 Å². The number of amides is 1. The number of rotatable bonds is 6. The molecule has 34 heavy (non-hydrogen) atoms. The lowest BCUT2D eigenvalue weighted by Crippen LogP contribution is -2.29. The van der Waals surface area contributed by atoms with Crippen LogP contribution in [0.4, 0.5) is 5.69 Å². The predicted octanol–water partition coefficient (Wildman–Crippen LogP) is 5.68. The summed E-state index contributed by atoms with van der Waals surface area (Å²) in [5.41, 5.74) is 2.52. The van der Waals surface area contributed by atoms with Crippen molar-refractivity contribution in [2.45, 2.75) is 19.9 Å². The second-order valence-electron chi connectivity index (χ2n) is 7.86. The van der Waals surface area contributed by atoms with Crippen LogP contribution < -0.4 is 14.4 Å². The van der Waals surface area contributed by atoms with Crippen LogP contribution in [0.25, 0.3) is 5.76 Å². The molecule has 1 aliphatic rings. The normalized spacial score (nSPS) is 17.2. The highest BCUT2D eigenvalue weighted by Gasteiger charge is 2.47. The molecule has 0 aliphatic carbocycles. The van der Waals surface area contributed by atoms with Crippen LogP contribution in [0.1, 0.15) is 29.7 Å². The topological polar surface area (TPSA) is 76.1 Å². The molecule has 1 atom stereocenters. The number of hydrogen-bond acceptors (Lipinski definition) is 5. The van der Waals surface area contributed by atoms with Gasteiger partial charge in [0.05, 0.1) is 30.4 Å². The Balaban J connectivity index is 1.90. The Morgan fingerprint density at radius 3 is 2.29 bits per heavy atom. The van der Waals surface area contributed by atoms with E-state index in [4.69, 9.17) is 21.1 Å². The summed E-state index contributed by atoms with van der Waals surface area (Å²) in [7, 11) is 1.49. The van der Waals surface area contributed by atoms with Crippen LogP contribution >= 0.6 is 11.6 Å². The van der Waals surface area contributed by atoms with Crippen LogP contribution in [0, 0.1) is 6.92 Å². The molecule has 0 saturated carbocycles. The zero-order chi connectivity index (χ0) is 24.4. The Hall–Kier alpha value is -3.77. The maximum absolute atomic E-state index is 13.2. The molecular weight excluding hydrogens is 454 g/mol. The first-order chi connectivity index (χ1) is 16.3. The van der Waals surface area contributed by atoms with Gasteiger partial charge in [-0.1, -0.05) is 41.4 Å². The van der Waals surface area contributed by atoms with E-state index in [-0.39, 0.29) is 16.4 Å². The number of halogens is 1. The van der Waals surface area contributed by atoms with Crippen molar-refractivity contribution in [2.75, 3.05) is 18.6 Å². The van der Waals surface area contributed by atoms with E-state index in [1.165, 1.54) is 18.1 Å². The monoisotopic (exact) mass is 477 g/mol. The molecule has 1 amide bonds. The molecule has 0 radical (unpaired) electrons. The fraction of sp³-hybridized carbons (Fsp3) is 0.185. The van der Waals surface area contributed by atoms with Crippen LogP contribution in [-0.4, -0.2) is 30.5 Å². The number of carbonyl (C=O) groups is 2. The van der Waals surface area contributed by atoms with Crippen molar-refractivity contribution < 1.29 is 24.2 Å². The zero-order valence-corrected chi connectivity index (χ0v) is 19.8. The van der Waals surface area contributed by atoms with Gasteiger partial charge in [-0.2, -0.15) is 0 Å². The lowest BCUT2D eigenvalue weighted by atomic mass is 9.95. The summed E-state index contributed by atoms with van der Waals surface area (Å²) in [5, 5.41) is 11.5. The standard InChI is InChI=1S/C27H24ClNO5/c1-4-34-20-12-7-17(8-13-20)24-23(25(30)18-9-14-22(33-3)21(28)15-18)26(31)27(32)29(24)19-10-5-16(2)6-11-19/h5-15,24,30H,4H2,1-3H3/b25-23-. The summed E-state index contributed by atoms with van der Waals surface area (Å²) in [6.07, 6.45) is 0. The molecule has 1 aliphatic heterocycles.